The van der Waals surface area contributed by atoms with E-state index in [9.17, 15) is 9.90 Å². The standard InChI is InChI=1S/C19H23NO3/c1-15(21)17-10-5-11-18(13-17)23-14-19(22)20-12-6-9-16-7-3-2-4-8-16/h2-5,7-8,10-11,13,15,21H,6,9,12,14H2,1H3,(H,20,22). The van der Waals surface area contributed by atoms with Crippen molar-refractivity contribution < 1.29 is 14.6 Å². The molecule has 4 nitrogen and oxygen atoms in total. The van der Waals surface area contributed by atoms with Crippen molar-refractivity contribution in [2.75, 3.05) is 13.2 Å². The molecule has 0 heterocycles. The lowest BCUT2D eigenvalue weighted by Gasteiger charge is -2.10. The van der Waals surface area contributed by atoms with Crippen molar-refractivity contribution in [3.05, 3.63) is 65.7 Å². The van der Waals surface area contributed by atoms with E-state index in [1.54, 1.807) is 25.1 Å². The highest BCUT2D eigenvalue weighted by Crippen LogP contribution is 2.18. The molecule has 2 aromatic carbocycles. The molecule has 0 bridgehead atoms. The number of aliphatic hydroxyl groups is 1. The molecular formula is C19H23NO3. The van der Waals surface area contributed by atoms with Crippen LogP contribution in [0.25, 0.3) is 0 Å². The van der Waals surface area contributed by atoms with Gasteiger partial charge in [-0.15, -0.1) is 0 Å². The number of rotatable bonds is 8. The monoisotopic (exact) mass is 313 g/mol. The lowest BCUT2D eigenvalue weighted by molar-refractivity contribution is -0.123. The van der Waals surface area contributed by atoms with Crippen LogP contribution in [0.2, 0.25) is 0 Å². The van der Waals surface area contributed by atoms with Gasteiger partial charge in [-0.3, -0.25) is 4.79 Å². The molecule has 0 radical (unpaired) electrons. The van der Waals surface area contributed by atoms with E-state index in [0.29, 0.717) is 12.3 Å². The summed E-state index contributed by atoms with van der Waals surface area (Å²) in [5.74, 6) is 0.448. The minimum absolute atomic E-state index is 0.0192. The molecule has 0 aliphatic heterocycles. The van der Waals surface area contributed by atoms with Crippen molar-refractivity contribution in [2.24, 2.45) is 0 Å². The average Bonchev–Trinajstić information content (AvgIpc) is 2.58. The van der Waals surface area contributed by atoms with Crippen molar-refractivity contribution in [1.82, 2.24) is 5.32 Å². The summed E-state index contributed by atoms with van der Waals surface area (Å²) in [6.45, 7) is 2.30. The first-order valence-electron chi connectivity index (χ1n) is 7.86. The molecule has 0 spiro atoms. The van der Waals surface area contributed by atoms with Crippen LogP contribution < -0.4 is 10.1 Å². The summed E-state index contributed by atoms with van der Waals surface area (Å²) in [5, 5.41) is 12.4. The summed E-state index contributed by atoms with van der Waals surface area (Å²) >= 11 is 0. The van der Waals surface area contributed by atoms with E-state index in [0.717, 1.165) is 18.4 Å². The fraction of sp³-hybridized carbons (Fsp3) is 0.316. The Morgan fingerprint density at radius 1 is 1.17 bits per heavy atom. The third kappa shape index (κ3) is 6.12. The molecule has 23 heavy (non-hydrogen) atoms. The molecule has 0 aromatic heterocycles. The Balaban J connectivity index is 1.66. The molecule has 0 saturated carbocycles. The normalized spacial score (nSPS) is 11.7. The number of benzene rings is 2. The minimum atomic E-state index is -0.551. The van der Waals surface area contributed by atoms with Gasteiger partial charge in [0.15, 0.2) is 6.61 Å². The number of carbonyl (C=O) groups excluding carboxylic acids is 1. The van der Waals surface area contributed by atoms with Gasteiger partial charge in [0, 0.05) is 6.54 Å². The van der Waals surface area contributed by atoms with Crippen LogP contribution in [0.15, 0.2) is 54.6 Å². The number of aryl methyl sites for hydroxylation is 1. The quantitative estimate of drug-likeness (QED) is 0.737. The van der Waals surface area contributed by atoms with Gasteiger partial charge >= 0.3 is 0 Å². The molecule has 1 atom stereocenters. The molecule has 0 saturated heterocycles. The maximum absolute atomic E-state index is 11.8. The molecule has 122 valence electrons. The van der Waals surface area contributed by atoms with Gasteiger partial charge in [0.25, 0.3) is 5.91 Å². The van der Waals surface area contributed by atoms with Gasteiger partial charge in [-0.25, -0.2) is 0 Å². The van der Waals surface area contributed by atoms with E-state index in [1.165, 1.54) is 5.56 Å². The summed E-state index contributed by atoms with van der Waals surface area (Å²) in [5.41, 5.74) is 2.04. The lowest BCUT2D eigenvalue weighted by Crippen LogP contribution is -2.29. The molecular weight excluding hydrogens is 290 g/mol. The Morgan fingerprint density at radius 2 is 1.96 bits per heavy atom. The summed E-state index contributed by atoms with van der Waals surface area (Å²) in [6.07, 6.45) is 1.29. The molecule has 0 aliphatic rings. The van der Waals surface area contributed by atoms with Crippen LogP contribution in [-0.2, 0) is 11.2 Å². The molecule has 1 amide bonds. The second kappa shape index (κ2) is 8.96. The van der Waals surface area contributed by atoms with Gasteiger partial charge in [0.1, 0.15) is 5.75 Å². The minimum Gasteiger partial charge on any atom is -0.484 e. The van der Waals surface area contributed by atoms with E-state index >= 15 is 0 Å². The van der Waals surface area contributed by atoms with E-state index in [-0.39, 0.29) is 12.5 Å². The summed E-state index contributed by atoms with van der Waals surface area (Å²) in [6, 6.07) is 17.3. The zero-order valence-corrected chi connectivity index (χ0v) is 13.4. The number of ether oxygens (including phenoxy) is 1. The maximum atomic E-state index is 11.8. The van der Waals surface area contributed by atoms with Gasteiger partial charge in [0.05, 0.1) is 6.10 Å². The molecule has 1 unspecified atom stereocenters. The van der Waals surface area contributed by atoms with Crippen LogP contribution in [0.4, 0.5) is 0 Å². The van der Waals surface area contributed by atoms with Crippen molar-refractivity contribution in [3.8, 4) is 5.75 Å². The number of nitrogens with one attached hydrogen (secondary N) is 1. The molecule has 0 aliphatic carbocycles. The summed E-state index contributed by atoms with van der Waals surface area (Å²) in [7, 11) is 0. The van der Waals surface area contributed by atoms with Gasteiger partial charge < -0.3 is 15.2 Å². The van der Waals surface area contributed by atoms with E-state index < -0.39 is 6.10 Å². The number of carbonyl (C=O) groups is 1. The lowest BCUT2D eigenvalue weighted by atomic mass is 10.1. The third-order valence-corrected chi connectivity index (χ3v) is 3.52. The van der Waals surface area contributed by atoms with E-state index in [1.807, 2.05) is 24.3 Å². The Hall–Kier alpha value is -2.33. The topological polar surface area (TPSA) is 58.6 Å². The van der Waals surface area contributed by atoms with Crippen LogP contribution in [0.1, 0.15) is 30.6 Å². The van der Waals surface area contributed by atoms with Crippen molar-refractivity contribution in [2.45, 2.75) is 25.9 Å². The van der Waals surface area contributed by atoms with Crippen LogP contribution in [-0.4, -0.2) is 24.2 Å². The van der Waals surface area contributed by atoms with Gasteiger partial charge in [-0.1, -0.05) is 42.5 Å². The highest BCUT2D eigenvalue weighted by Gasteiger charge is 2.05. The predicted molar refractivity (Wildman–Crippen MR) is 90.3 cm³/mol. The fourth-order valence-corrected chi connectivity index (χ4v) is 2.23. The highest BCUT2D eigenvalue weighted by molar-refractivity contribution is 5.77. The average molecular weight is 313 g/mol. The van der Waals surface area contributed by atoms with Crippen LogP contribution in [0.5, 0.6) is 5.75 Å². The smallest absolute Gasteiger partial charge is 0.257 e. The predicted octanol–water partition coefficient (Wildman–Crippen LogP) is 2.87. The Kier molecular flexibility index (Phi) is 6.63. The fourth-order valence-electron chi connectivity index (χ4n) is 2.23. The molecule has 4 heteroatoms. The number of hydrogen-bond donors (Lipinski definition) is 2. The van der Waals surface area contributed by atoms with E-state index in [2.05, 4.69) is 17.4 Å². The maximum Gasteiger partial charge on any atom is 0.257 e. The van der Waals surface area contributed by atoms with Gasteiger partial charge in [-0.05, 0) is 43.0 Å². The molecule has 2 rings (SSSR count). The second-order valence-electron chi connectivity index (χ2n) is 5.48. The Bertz CT molecular complexity index is 611. The van der Waals surface area contributed by atoms with Crippen LogP contribution >= 0.6 is 0 Å². The number of amides is 1. The molecule has 2 aromatic rings. The zero-order chi connectivity index (χ0) is 16.5. The van der Waals surface area contributed by atoms with E-state index in [4.69, 9.17) is 4.74 Å². The van der Waals surface area contributed by atoms with Gasteiger partial charge in [0.2, 0.25) is 0 Å². The number of aliphatic hydroxyl groups excluding tert-OH is 1. The SMILES string of the molecule is CC(O)c1cccc(OCC(=O)NCCCc2ccccc2)c1. The third-order valence-electron chi connectivity index (χ3n) is 3.52. The first kappa shape index (κ1) is 17.0. The second-order valence-corrected chi connectivity index (χ2v) is 5.48. The van der Waals surface area contributed by atoms with Crippen molar-refractivity contribution >= 4 is 5.91 Å². The molecule has 0 fully saturated rings. The first-order valence-corrected chi connectivity index (χ1v) is 7.86. The zero-order valence-electron chi connectivity index (χ0n) is 13.4. The summed E-state index contributed by atoms with van der Waals surface area (Å²) < 4.78 is 5.45. The van der Waals surface area contributed by atoms with Gasteiger partial charge in [-0.2, -0.15) is 0 Å². The van der Waals surface area contributed by atoms with Crippen molar-refractivity contribution in [1.29, 1.82) is 0 Å². The largest absolute Gasteiger partial charge is 0.484 e. The first-order chi connectivity index (χ1) is 11.1. The summed E-state index contributed by atoms with van der Waals surface area (Å²) in [4.78, 5) is 11.8. The van der Waals surface area contributed by atoms with Crippen LogP contribution in [0, 0.1) is 0 Å². The van der Waals surface area contributed by atoms with Crippen LogP contribution in [0.3, 0.4) is 0 Å². The molecule has 2 N–H and O–H groups in total. The van der Waals surface area contributed by atoms with Crippen molar-refractivity contribution in [3.63, 3.8) is 0 Å². The number of hydrogen-bond acceptors (Lipinski definition) is 3. The highest BCUT2D eigenvalue weighted by atomic mass is 16.5. The Labute approximate surface area is 137 Å². The Morgan fingerprint density at radius 3 is 2.70 bits per heavy atom.